The van der Waals surface area contributed by atoms with Crippen molar-refractivity contribution < 1.29 is 14.3 Å². The van der Waals surface area contributed by atoms with Crippen LogP contribution in [0.3, 0.4) is 0 Å². The Morgan fingerprint density at radius 2 is 1.92 bits per heavy atom. The minimum absolute atomic E-state index is 0.0873. The Bertz CT molecular complexity index is 797. The summed E-state index contributed by atoms with van der Waals surface area (Å²) in [5.41, 5.74) is 4.91. The Balaban J connectivity index is 1.69. The number of hydrazone groups is 1. The van der Waals surface area contributed by atoms with Crippen LogP contribution in [0.25, 0.3) is 0 Å². The lowest BCUT2D eigenvalue weighted by Crippen LogP contribution is -2.19. The molecule has 25 heavy (non-hydrogen) atoms. The van der Waals surface area contributed by atoms with Gasteiger partial charge in [-0.05, 0) is 61.7 Å². The molecule has 0 atom stereocenters. The Morgan fingerprint density at radius 1 is 1.24 bits per heavy atom. The molecule has 0 radical (unpaired) electrons. The highest BCUT2D eigenvalue weighted by Gasteiger charge is 2.17. The summed E-state index contributed by atoms with van der Waals surface area (Å²) in [7, 11) is 0. The fourth-order valence-electron chi connectivity index (χ4n) is 2.86. The molecule has 2 aromatic rings. The van der Waals surface area contributed by atoms with Crippen molar-refractivity contribution in [2.45, 2.75) is 19.8 Å². The van der Waals surface area contributed by atoms with E-state index in [0.29, 0.717) is 16.8 Å². The summed E-state index contributed by atoms with van der Waals surface area (Å²) in [6.07, 6.45) is 3.61. The number of carbonyl (C=O) groups is 1. The fourth-order valence-corrected chi connectivity index (χ4v) is 2.86. The van der Waals surface area contributed by atoms with Gasteiger partial charge in [-0.25, -0.2) is 9.82 Å². The van der Waals surface area contributed by atoms with Gasteiger partial charge >= 0.3 is 0 Å². The van der Waals surface area contributed by atoms with Gasteiger partial charge in [-0.15, -0.1) is 0 Å². The standard InChI is InChI=1S/C19H20FN3O2/c1-13-10-18(23-8-2-3-9-23)17(20)11-15(13)12-21-22-19(25)14-4-6-16(24)7-5-14/h4-7,10-12,24H,2-3,8-9H2,1H3,(H,22,25). The number of benzene rings is 2. The lowest BCUT2D eigenvalue weighted by atomic mass is 10.1. The van der Waals surface area contributed by atoms with Gasteiger partial charge in [-0.3, -0.25) is 4.79 Å². The average molecular weight is 341 g/mol. The maximum atomic E-state index is 14.4. The van der Waals surface area contributed by atoms with Gasteiger partial charge in [0.15, 0.2) is 0 Å². The largest absolute Gasteiger partial charge is 0.508 e. The number of phenols is 1. The number of aryl methyl sites for hydroxylation is 1. The summed E-state index contributed by atoms with van der Waals surface area (Å²) in [5, 5.41) is 13.1. The number of rotatable bonds is 4. The van der Waals surface area contributed by atoms with E-state index in [9.17, 15) is 14.3 Å². The molecule has 1 saturated heterocycles. The van der Waals surface area contributed by atoms with Crippen LogP contribution in [0.15, 0.2) is 41.5 Å². The first-order valence-electron chi connectivity index (χ1n) is 8.22. The van der Waals surface area contributed by atoms with E-state index >= 15 is 0 Å². The smallest absolute Gasteiger partial charge is 0.271 e. The van der Waals surface area contributed by atoms with Gasteiger partial charge in [0.05, 0.1) is 11.9 Å². The molecule has 0 aliphatic carbocycles. The number of nitrogens with one attached hydrogen (secondary N) is 1. The first-order chi connectivity index (χ1) is 12.0. The van der Waals surface area contributed by atoms with E-state index in [-0.39, 0.29) is 11.6 Å². The Labute approximate surface area is 145 Å². The zero-order valence-electron chi connectivity index (χ0n) is 14.0. The maximum absolute atomic E-state index is 14.4. The molecule has 0 unspecified atom stereocenters. The third-order valence-corrected chi connectivity index (χ3v) is 4.28. The number of nitrogens with zero attached hydrogens (tertiary/aromatic N) is 2. The van der Waals surface area contributed by atoms with Gasteiger partial charge in [-0.2, -0.15) is 5.10 Å². The summed E-state index contributed by atoms with van der Waals surface area (Å²) in [6.45, 7) is 3.65. The van der Waals surface area contributed by atoms with Crippen molar-refractivity contribution in [3.63, 3.8) is 0 Å². The van der Waals surface area contributed by atoms with E-state index in [2.05, 4.69) is 15.4 Å². The predicted octanol–water partition coefficient (Wildman–Crippen LogP) is 3.20. The second-order valence-corrected chi connectivity index (χ2v) is 6.10. The quantitative estimate of drug-likeness (QED) is 0.663. The van der Waals surface area contributed by atoms with Crippen molar-refractivity contribution >= 4 is 17.8 Å². The van der Waals surface area contributed by atoms with Gasteiger partial charge < -0.3 is 10.0 Å². The molecule has 5 nitrogen and oxygen atoms in total. The van der Waals surface area contributed by atoms with E-state index in [4.69, 9.17) is 0 Å². The molecule has 0 spiro atoms. The van der Waals surface area contributed by atoms with Gasteiger partial charge in [0.2, 0.25) is 0 Å². The number of aromatic hydroxyl groups is 1. The molecule has 1 amide bonds. The van der Waals surface area contributed by atoms with Gasteiger partial charge in [0, 0.05) is 24.2 Å². The van der Waals surface area contributed by atoms with Crippen LogP contribution in [0.1, 0.15) is 34.3 Å². The van der Waals surface area contributed by atoms with Crippen molar-refractivity contribution in [1.29, 1.82) is 0 Å². The lowest BCUT2D eigenvalue weighted by molar-refractivity contribution is 0.0955. The van der Waals surface area contributed by atoms with Crippen molar-refractivity contribution in [2.75, 3.05) is 18.0 Å². The number of anilines is 1. The molecule has 1 fully saturated rings. The Hall–Kier alpha value is -2.89. The third-order valence-electron chi connectivity index (χ3n) is 4.28. The average Bonchev–Trinajstić information content (AvgIpc) is 3.12. The SMILES string of the molecule is Cc1cc(N2CCCC2)c(F)cc1C=NNC(=O)c1ccc(O)cc1. The monoisotopic (exact) mass is 341 g/mol. The van der Waals surface area contributed by atoms with Crippen molar-refractivity contribution in [1.82, 2.24) is 5.43 Å². The highest BCUT2D eigenvalue weighted by Crippen LogP contribution is 2.26. The van der Waals surface area contributed by atoms with Crippen LogP contribution in [0, 0.1) is 12.7 Å². The molecule has 2 N–H and O–H groups in total. The van der Waals surface area contributed by atoms with Gasteiger partial charge in [-0.1, -0.05) is 0 Å². The van der Waals surface area contributed by atoms with E-state index in [1.165, 1.54) is 36.5 Å². The van der Waals surface area contributed by atoms with E-state index in [0.717, 1.165) is 31.5 Å². The minimum Gasteiger partial charge on any atom is -0.508 e. The third kappa shape index (κ3) is 3.96. The normalized spacial score (nSPS) is 14.2. The summed E-state index contributed by atoms with van der Waals surface area (Å²) < 4.78 is 14.4. The maximum Gasteiger partial charge on any atom is 0.271 e. The zero-order chi connectivity index (χ0) is 17.8. The molecule has 1 aliphatic rings. The lowest BCUT2D eigenvalue weighted by Gasteiger charge is -2.19. The fraction of sp³-hybridized carbons (Fsp3) is 0.263. The van der Waals surface area contributed by atoms with Gasteiger partial charge in [0.25, 0.3) is 5.91 Å². The molecule has 0 saturated carbocycles. The highest BCUT2D eigenvalue weighted by atomic mass is 19.1. The van der Waals surface area contributed by atoms with Crippen LogP contribution in [0.2, 0.25) is 0 Å². The number of hydrogen-bond acceptors (Lipinski definition) is 4. The summed E-state index contributed by atoms with van der Waals surface area (Å²) in [6, 6.07) is 9.11. The Morgan fingerprint density at radius 3 is 2.60 bits per heavy atom. The van der Waals surface area contributed by atoms with E-state index < -0.39 is 5.91 Å². The number of phenolic OH excluding ortho intramolecular Hbond substituents is 1. The predicted molar refractivity (Wildman–Crippen MR) is 95.8 cm³/mol. The molecule has 2 aromatic carbocycles. The zero-order valence-corrected chi connectivity index (χ0v) is 14.0. The molecule has 6 heteroatoms. The van der Waals surface area contributed by atoms with Crippen molar-refractivity contribution in [2.24, 2.45) is 5.10 Å². The van der Waals surface area contributed by atoms with Crippen LogP contribution in [0.4, 0.5) is 10.1 Å². The topological polar surface area (TPSA) is 64.9 Å². The van der Waals surface area contributed by atoms with Crippen LogP contribution in [-0.2, 0) is 0 Å². The summed E-state index contributed by atoms with van der Waals surface area (Å²) in [5.74, 6) is -0.592. The molecule has 1 aliphatic heterocycles. The number of halogens is 1. The molecule has 1 heterocycles. The summed E-state index contributed by atoms with van der Waals surface area (Å²) in [4.78, 5) is 14.0. The van der Waals surface area contributed by atoms with Gasteiger partial charge in [0.1, 0.15) is 11.6 Å². The van der Waals surface area contributed by atoms with E-state index in [1.807, 2.05) is 13.0 Å². The Kier molecular flexibility index (Phi) is 4.97. The minimum atomic E-state index is -0.400. The number of carbonyl (C=O) groups excluding carboxylic acids is 1. The van der Waals surface area contributed by atoms with Crippen LogP contribution >= 0.6 is 0 Å². The number of amides is 1. The highest BCUT2D eigenvalue weighted by molar-refractivity contribution is 5.95. The second kappa shape index (κ2) is 7.34. The molecular formula is C19H20FN3O2. The van der Waals surface area contributed by atoms with Crippen LogP contribution in [0.5, 0.6) is 5.75 Å². The van der Waals surface area contributed by atoms with Crippen LogP contribution < -0.4 is 10.3 Å². The molecule has 0 aromatic heterocycles. The van der Waals surface area contributed by atoms with Crippen LogP contribution in [-0.4, -0.2) is 30.3 Å². The van der Waals surface area contributed by atoms with E-state index in [1.54, 1.807) is 0 Å². The summed E-state index contributed by atoms with van der Waals surface area (Å²) >= 11 is 0. The second-order valence-electron chi connectivity index (χ2n) is 6.10. The molecular weight excluding hydrogens is 321 g/mol. The van der Waals surface area contributed by atoms with Crippen molar-refractivity contribution in [3.8, 4) is 5.75 Å². The molecule has 0 bridgehead atoms. The first kappa shape index (κ1) is 17.0. The molecule has 3 rings (SSSR count). The van der Waals surface area contributed by atoms with Crippen molar-refractivity contribution in [3.05, 3.63) is 58.9 Å². The number of hydrogen-bond donors (Lipinski definition) is 2. The molecule has 130 valence electrons. The first-order valence-corrected chi connectivity index (χ1v) is 8.22.